The molecule has 1 saturated carbocycles. The van der Waals surface area contributed by atoms with Gasteiger partial charge < -0.3 is 24.4 Å². The molecule has 172 valence electrons. The van der Waals surface area contributed by atoms with Crippen molar-refractivity contribution in [1.82, 2.24) is 0 Å². The molecule has 0 saturated heterocycles. The molecule has 29 heavy (non-hydrogen) atoms. The van der Waals surface area contributed by atoms with E-state index in [1.807, 2.05) is 13.8 Å². The third-order valence-electron chi connectivity index (χ3n) is 5.90. The van der Waals surface area contributed by atoms with E-state index in [4.69, 9.17) is 19.3 Å². The third-order valence-corrected chi connectivity index (χ3v) is 5.90. The standard InChI is InChI=1S/C23H44O6/c1-3-27-22(25)14-10-18-29-21-13-9-12-19(11-7-5-6-8-17-24)20(21)15-16-23(26)28-4-2/h19-21,23-24,26H,3-18H2,1-2H3. The summed E-state index contributed by atoms with van der Waals surface area (Å²) in [6, 6.07) is 0. The van der Waals surface area contributed by atoms with E-state index in [1.165, 1.54) is 25.7 Å². The summed E-state index contributed by atoms with van der Waals surface area (Å²) in [5.74, 6) is 0.887. The Morgan fingerprint density at radius 1 is 1.03 bits per heavy atom. The fourth-order valence-electron chi connectivity index (χ4n) is 4.47. The van der Waals surface area contributed by atoms with E-state index in [-0.39, 0.29) is 18.7 Å². The Morgan fingerprint density at radius 2 is 1.83 bits per heavy atom. The van der Waals surface area contributed by atoms with Crippen LogP contribution in [0.4, 0.5) is 0 Å². The third kappa shape index (κ3) is 11.9. The van der Waals surface area contributed by atoms with Crippen molar-refractivity contribution in [2.24, 2.45) is 11.8 Å². The highest BCUT2D eigenvalue weighted by Crippen LogP contribution is 2.38. The molecule has 1 aliphatic rings. The summed E-state index contributed by atoms with van der Waals surface area (Å²) in [7, 11) is 0. The van der Waals surface area contributed by atoms with Crippen LogP contribution in [0.3, 0.4) is 0 Å². The largest absolute Gasteiger partial charge is 0.466 e. The molecule has 6 nitrogen and oxygen atoms in total. The van der Waals surface area contributed by atoms with Gasteiger partial charge in [-0.25, -0.2) is 0 Å². The number of aliphatic hydroxyl groups excluding tert-OH is 2. The van der Waals surface area contributed by atoms with Crippen LogP contribution in [-0.2, 0) is 19.0 Å². The average Bonchev–Trinajstić information content (AvgIpc) is 2.70. The van der Waals surface area contributed by atoms with E-state index in [1.54, 1.807) is 0 Å². The van der Waals surface area contributed by atoms with Crippen LogP contribution >= 0.6 is 0 Å². The molecule has 0 aliphatic heterocycles. The second kappa shape index (κ2) is 17.0. The first-order valence-electron chi connectivity index (χ1n) is 11.8. The molecule has 1 rings (SSSR count). The smallest absolute Gasteiger partial charge is 0.305 e. The highest BCUT2D eigenvalue weighted by atomic mass is 16.6. The van der Waals surface area contributed by atoms with Gasteiger partial charge in [-0.15, -0.1) is 0 Å². The van der Waals surface area contributed by atoms with Gasteiger partial charge in [-0.1, -0.05) is 32.1 Å². The zero-order chi connectivity index (χ0) is 21.3. The maximum absolute atomic E-state index is 11.5. The van der Waals surface area contributed by atoms with Gasteiger partial charge in [0.15, 0.2) is 6.29 Å². The van der Waals surface area contributed by atoms with Crippen LogP contribution in [0.25, 0.3) is 0 Å². The minimum Gasteiger partial charge on any atom is -0.466 e. The number of hydrogen-bond acceptors (Lipinski definition) is 6. The molecule has 6 heteroatoms. The molecule has 0 amide bonds. The molecule has 0 spiro atoms. The first-order valence-corrected chi connectivity index (χ1v) is 11.8. The summed E-state index contributed by atoms with van der Waals surface area (Å²) >= 11 is 0. The molecule has 0 heterocycles. The second-order valence-corrected chi connectivity index (χ2v) is 8.09. The Labute approximate surface area is 177 Å². The number of esters is 1. The van der Waals surface area contributed by atoms with Crippen LogP contribution in [0.15, 0.2) is 0 Å². The van der Waals surface area contributed by atoms with Crippen molar-refractivity contribution >= 4 is 5.97 Å². The minimum absolute atomic E-state index is 0.156. The molecule has 0 aromatic rings. The predicted octanol–water partition coefficient (Wildman–Crippen LogP) is 4.21. The SMILES string of the molecule is CCOC(=O)CCCOC1CCCC(CCCCCCO)C1CCC(O)OCC. The van der Waals surface area contributed by atoms with Gasteiger partial charge in [0.25, 0.3) is 0 Å². The number of ether oxygens (including phenoxy) is 3. The average molecular weight is 417 g/mol. The van der Waals surface area contributed by atoms with Crippen LogP contribution in [0, 0.1) is 11.8 Å². The van der Waals surface area contributed by atoms with Crippen molar-refractivity contribution in [3.8, 4) is 0 Å². The number of unbranched alkanes of at least 4 members (excludes halogenated alkanes) is 3. The maximum atomic E-state index is 11.5. The Morgan fingerprint density at radius 3 is 2.55 bits per heavy atom. The van der Waals surface area contributed by atoms with Crippen LogP contribution < -0.4 is 0 Å². The summed E-state index contributed by atoms with van der Waals surface area (Å²) in [5, 5.41) is 19.0. The van der Waals surface area contributed by atoms with Gasteiger partial charge in [0.2, 0.25) is 0 Å². The van der Waals surface area contributed by atoms with Crippen molar-refractivity contribution in [1.29, 1.82) is 0 Å². The lowest BCUT2D eigenvalue weighted by atomic mass is 9.72. The zero-order valence-electron chi connectivity index (χ0n) is 18.7. The van der Waals surface area contributed by atoms with Crippen molar-refractivity contribution in [3.63, 3.8) is 0 Å². The molecular formula is C23H44O6. The van der Waals surface area contributed by atoms with E-state index in [9.17, 15) is 9.90 Å². The Kier molecular flexibility index (Phi) is 15.5. The molecule has 2 N–H and O–H groups in total. The first-order chi connectivity index (χ1) is 14.1. The fraction of sp³-hybridized carbons (Fsp3) is 0.957. The van der Waals surface area contributed by atoms with E-state index in [0.717, 1.165) is 32.1 Å². The zero-order valence-corrected chi connectivity index (χ0v) is 18.7. The maximum Gasteiger partial charge on any atom is 0.305 e. The van der Waals surface area contributed by atoms with E-state index >= 15 is 0 Å². The molecule has 0 radical (unpaired) electrons. The summed E-state index contributed by atoms with van der Waals surface area (Å²) in [5.41, 5.74) is 0. The number of hydrogen-bond donors (Lipinski definition) is 2. The first kappa shape index (κ1) is 26.3. The van der Waals surface area contributed by atoms with Gasteiger partial charge in [-0.3, -0.25) is 4.79 Å². The highest BCUT2D eigenvalue weighted by Gasteiger charge is 2.33. The van der Waals surface area contributed by atoms with E-state index in [0.29, 0.717) is 50.9 Å². The lowest BCUT2D eigenvalue weighted by molar-refractivity contribution is -0.143. The molecule has 0 aromatic carbocycles. The fourth-order valence-corrected chi connectivity index (χ4v) is 4.47. The minimum atomic E-state index is -0.698. The molecule has 1 aliphatic carbocycles. The normalized spacial score (nSPS) is 23.1. The quantitative estimate of drug-likeness (QED) is 0.210. The number of aliphatic hydroxyl groups is 2. The van der Waals surface area contributed by atoms with Gasteiger partial charge in [0, 0.05) is 26.2 Å². The monoisotopic (exact) mass is 416 g/mol. The Bertz CT molecular complexity index is 403. The summed E-state index contributed by atoms with van der Waals surface area (Å²) < 4.78 is 16.5. The second-order valence-electron chi connectivity index (χ2n) is 8.09. The van der Waals surface area contributed by atoms with Gasteiger partial charge in [-0.05, 0) is 64.2 Å². The number of rotatable bonds is 17. The van der Waals surface area contributed by atoms with Crippen LogP contribution in [0.2, 0.25) is 0 Å². The number of carbonyl (C=O) groups is 1. The summed E-state index contributed by atoms with van der Waals surface area (Å²) in [4.78, 5) is 11.5. The van der Waals surface area contributed by atoms with E-state index in [2.05, 4.69) is 0 Å². The van der Waals surface area contributed by atoms with Gasteiger partial charge >= 0.3 is 5.97 Å². The lowest BCUT2D eigenvalue weighted by Crippen LogP contribution is -2.35. The Hall–Kier alpha value is -0.690. The van der Waals surface area contributed by atoms with Crippen LogP contribution in [0.1, 0.15) is 90.9 Å². The van der Waals surface area contributed by atoms with Gasteiger partial charge in [-0.2, -0.15) is 0 Å². The predicted molar refractivity (Wildman–Crippen MR) is 113 cm³/mol. The molecule has 4 unspecified atom stereocenters. The van der Waals surface area contributed by atoms with Crippen molar-refractivity contribution in [3.05, 3.63) is 0 Å². The topological polar surface area (TPSA) is 85.2 Å². The molecule has 4 atom stereocenters. The number of carbonyl (C=O) groups excluding carboxylic acids is 1. The van der Waals surface area contributed by atoms with Gasteiger partial charge in [0.1, 0.15) is 0 Å². The summed E-state index contributed by atoms with van der Waals surface area (Å²) in [6.45, 7) is 5.52. The van der Waals surface area contributed by atoms with Crippen molar-refractivity contribution in [2.45, 2.75) is 103 Å². The molecule has 0 aromatic heterocycles. The van der Waals surface area contributed by atoms with Gasteiger partial charge in [0.05, 0.1) is 12.7 Å². The molecule has 0 bridgehead atoms. The van der Waals surface area contributed by atoms with Crippen molar-refractivity contribution in [2.75, 3.05) is 26.4 Å². The van der Waals surface area contributed by atoms with E-state index < -0.39 is 6.29 Å². The highest BCUT2D eigenvalue weighted by molar-refractivity contribution is 5.69. The molecule has 1 fully saturated rings. The summed E-state index contributed by atoms with van der Waals surface area (Å²) in [6.07, 6.45) is 11.1. The Balaban J connectivity index is 2.51. The van der Waals surface area contributed by atoms with Crippen LogP contribution in [0.5, 0.6) is 0 Å². The van der Waals surface area contributed by atoms with Crippen molar-refractivity contribution < 1.29 is 29.2 Å². The molecular weight excluding hydrogens is 372 g/mol. The van der Waals surface area contributed by atoms with Crippen LogP contribution in [-0.4, -0.2) is 55.0 Å². The lowest BCUT2D eigenvalue weighted by Gasteiger charge is -2.39.